The van der Waals surface area contributed by atoms with Crippen LogP contribution in [0.1, 0.15) is 20.8 Å². The molecule has 2 rings (SSSR count). The highest BCUT2D eigenvalue weighted by Crippen LogP contribution is 2.36. The lowest BCUT2D eigenvalue weighted by Gasteiger charge is -2.14. The normalized spacial score (nSPS) is 10.3. The van der Waals surface area contributed by atoms with Gasteiger partial charge in [-0.15, -0.1) is 11.3 Å². The molecule has 13 nitrogen and oxygen atoms in total. The first-order valence-corrected chi connectivity index (χ1v) is 11.0. The van der Waals surface area contributed by atoms with E-state index < -0.39 is 17.8 Å². The Morgan fingerprint density at radius 1 is 1.00 bits per heavy atom. The second-order valence-corrected chi connectivity index (χ2v) is 7.83. The van der Waals surface area contributed by atoms with E-state index in [0.717, 1.165) is 17.9 Å². The second-order valence-electron chi connectivity index (χ2n) is 6.97. The first kappa shape index (κ1) is 29.9. The molecule has 0 saturated carbocycles. The number of carbonyl (C=O) groups is 4. The number of carbonyl (C=O) groups excluding carboxylic acids is 2. The molecule has 0 spiro atoms. The topological polar surface area (TPSA) is 177 Å². The zero-order valence-corrected chi connectivity index (χ0v) is 21.2. The van der Waals surface area contributed by atoms with E-state index in [4.69, 9.17) is 24.4 Å². The molecule has 0 aliphatic carbocycles. The van der Waals surface area contributed by atoms with E-state index in [1.807, 2.05) is 19.0 Å². The van der Waals surface area contributed by atoms with Crippen molar-refractivity contribution in [3.63, 3.8) is 0 Å². The number of hydrogen-bond donors (Lipinski definition) is 4. The van der Waals surface area contributed by atoms with E-state index in [1.54, 1.807) is 17.5 Å². The number of aliphatic carboxylic acids is 2. The summed E-state index contributed by atoms with van der Waals surface area (Å²) in [6.45, 7) is 1.22. The van der Waals surface area contributed by atoms with Gasteiger partial charge in [-0.05, 0) is 20.2 Å². The number of nitrogens with zero attached hydrogens (tertiary/aromatic N) is 2. The van der Waals surface area contributed by atoms with Gasteiger partial charge in [0.15, 0.2) is 16.6 Å². The van der Waals surface area contributed by atoms with Crippen LogP contribution in [0.4, 0.5) is 5.13 Å². The quantitative estimate of drug-likeness (QED) is 0.313. The fourth-order valence-electron chi connectivity index (χ4n) is 2.45. The fraction of sp³-hybridized carbons (Fsp3) is 0.318. The van der Waals surface area contributed by atoms with Crippen LogP contribution >= 0.6 is 11.3 Å². The molecule has 0 fully saturated rings. The summed E-state index contributed by atoms with van der Waals surface area (Å²) >= 11 is 1.16. The van der Waals surface area contributed by atoms with Gasteiger partial charge in [0.05, 0.1) is 26.9 Å². The number of carboxylic acids is 2. The molecule has 0 atom stereocenters. The van der Waals surface area contributed by atoms with Crippen LogP contribution in [-0.2, 0) is 9.59 Å². The van der Waals surface area contributed by atoms with Gasteiger partial charge in [-0.2, -0.15) is 0 Å². The number of likely N-dealkylation sites (N-methyl/N-ethyl adjacent to an activating group) is 1. The molecule has 2 amide bonds. The van der Waals surface area contributed by atoms with Crippen molar-refractivity contribution < 1.29 is 43.6 Å². The summed E-state index contributed by atoms with van der Waals surface area (Å²) in [6.07, 6.45) is 1.12. The van der Waals surface area contributed by atoms with Crippen LogP contribution in [0, 0.1) is 0 Å². The van der Waals surface area contributed by atoms with Crippen molar-refractivity contribution in [2.24, 2.45) is 0 Å². The van der Waals surface area contributed by atoms with Crippen molar-refractivity contribution in [3.05, 3.63) is 40.9 Å². The van der Waals surface area contributed by atoms with Crippen LogP contribution in [0.25, 0.3) is 0 Å². The smallest absolute Gasteiger partial charge is 0.328 e. The highest BCUT2D eigenvalue weighted by molar-refractivity contribution is 7.14. The lowest BCUT2D eigenvalue weighted by atomic mass is 10.1. The minimum Gasteiger partial charge on any atom is -0.497 e. The minimum atomic E-state index is -1.26. The maximum Gasteiger partial charge on any atom is 0.328 e. The zero-order valence-electron chi connectivity index (χ0n) is 20.4. The third kappa shape index (κ3) is 9.99. The summed E-state index contributed by atoms with van der Waals surface area (Å²) in [6, 6.07) is 3.16. The molecule has 36 heavy (non-hydrogen) atoms. The molecular formula is C22H28N4O9S. The average molecular weight is 525 g/mol. The minimum absolute atomic E-state index is 0.228. The number of hydrogen-bond acceptors (Lipinski definition) is 10. The summed E-state index contributed by atoms with van der Waals surface area (Å²) in [7, 11) is 8.25. The SMILES string of the molecule is COc1cc(OC)c(OC)c(C(=O)Nc2nc(C(=O)NCCN(C)C)cs2)c1.O=C(O)/C=C\C(=O)O. The zero-order chi connectivity index (χ0) is 27.3. The van der Waals surface area contributed by atoms with Gasteiger partial charge in [0, 0.05) is 36.7 Å². The second kappa shape index (κ2) is 15.0. The molecule has 0 aliphatic rings. The maximum absolute atomic E-state index is 12.7. The maximum atomic E-state index is 12.7. The van der Waals surface area contributed by atoms with Crippen molar-refractivity contribution in [2.45, 2.75) is 0 Å². The lowest BCUT2D eigenvalue weighted by molar-refractivity contribution is -0.134. The van der Waals surface area contributed by atoms with Crippen LogP contribution in [0.15, 0.2) is 29.7 Å². The van der Waals surface area contributed by atoms with E-state index in [9.17, 15) is 19.2 Å². The number of amides is 2. The number of anilines is 1. The summed E-state index contributed by atoms with van der Waals surface area (Å²) in [5.41, 5.74) is 0.472. The molecule has 0 unspecified atom stereocenters. The molecule has 2 aromatic rings. The third-order valence-electron chi connectivity index (χ3n) is 4.10. The van der Waals surface area contributed by atoms with Crippen LogP contribution < -0.4 is 24.8 Å². The van der Waals surface area contributed by atoms with Crippen molar-refractivity contribution in [1.29, 1.82) is 0 Å². The number of methoxy groups -OCH3 is 3. The Labute approximate surface area is 211 Å². The van der Waals surface area contributed by atoms with Gasteiger partial charge in [0.1, 0.15) is 11.4 Å². The van der Waals surface area contributed by atoms with Gasteiger partial charge in [-0.1, -0.05) is 0 Å². The molecule has 1 heterocycles. The predicted octanol–water partition coefficient (Wildman–Crippen LogP) is 1.42. The average Bonchev–Trinajstić information content (AvgIpc) is 3.30. The first-order chi connectivity index (χ1) is 17.0. The summed E-state index contributed by atoms with van der Waals surface area (Å²) in [5, 5.41) is 23.0. The van der Waals surface area contributed by atoms with Crippen LogP contribution in [0.2, 0.25) is 0 Å². The molecule has 4 N–H and O–H groups in total. The first-order valence-electron chi connectivity index (χ1n) is 10.2. The van der Waals surface area contributed by atoms with E-state index in [1.165, 1.54) is 21.3 Å². The number of carboxylic acid groups (broad SMARTS) is 2. The monoisotopic (exact) mass is 524 g/mol. The molecule has 0 radical (unpaired) electrons. The molecule has 14 heteroatoms. The van der Waals surface area contributed by atoms with Crippen molar-refractivity contribution >= 4 is 40.2 Å². The van der Waals surface area contributed by atoms with Crippen molar-refractivity contribution in [2.75, 3.05) is 53.8 Å². The molecule has 1 aromatic carbocycles. The number of nitrogens with one attached hydrogen (secondary N) is 2. The van der Waals surface area contributed by atoms with Crippen LogP contribution in [0.3, 0.4) is 0 Å². The lowest BCUT2D eigenvalue weighted by Crippen LogP contribution is -2.31. The van der Waals surface area contributed by atoms with E-state index in [-0.39, 0.29) is 22.9 Å². The summed E-state index contributed by atoms with van der Waals surface area (Å²) in [5.74, 6) is -2.17. The highest BCUT2D eigenvalue weighted by atomic mass is 32.1. The Morgan fingerprint density at radius 2 is 1.64 bits per heavy atom. The number of rotatable bonds is 11. The van der Waals surface area contributed by atoms with E-state index in [2.05, 4.69) is 15.6 Å². The Hall–Kier alpha value is -4.17. The molecule has 0 saturated heterocycles. The van der Waals surface area contributed by atoms with Gasteiger partial charge in [0.25, 0.3) is 11.8 Å². The van der Waals surface area contributed by atoms with Gasteiger partial charge < -0.3 is 34.6 Å². The van der Waals surface area contributed by atoms with Gasteiger partial charge >= 0.3 is 11.9 Å². The predicted molar refractivity (Wildman–Crippen MR) is 131 cm³/mol. The van der Waals surface area contributed by atoms with Gasteiger partial charge in [-0.3, -0.25) is 14.9 Å². The van der Waals surface area contributed by atoms with Gasteiger partial charge in [0.2, 0.25) is 0 Å². The Bertz CT molecular complexity index is 1080. The number of aromatic nitrogens is 1. The Kier molecular flexibility index (Phi) is 12.4. The van der Waals surface area contributed by atoms with Crippen LogP contribution in [0.5, 0.6) is 17.2 Å². The third-order valence-corrected chi connectivity index (χ3v) is 4.86. The van der Waals surface area contributed by atoms with Crippen molar-refractivity contribution in [3.8, 4) is 17.2 Å². The molecule has 1 aromatic heterocycles. The van der Waals surface area contributed by atoms with E-state index in [0.29, 0.717) is 35.3 Å². The molecular weight excluding hydrogens is 496 g/mol. The standard InChI is InChI=1S/C18H24N4O5S.C4H4O4/c1-22(2)7-6-19-17(24)13-10-28-18(20-13)21-16(23)12-8-11(25-3)9-14(26-4)15(12)27-5;5-3(6)1-2-4(7)8/h8-10H,6-7H2,1-5H3,(H,19,24)(H,20,21,23);1-2H,(H,5,6)(H,7,8)/b;2-1-. The molecule has 0 bridgehead atoms. The van der Waals surface area contributed by atoms with Gasteiger partial charge in [-0.25, -0.2) is 14.6 Å². The number of ether oxygens (including phenoxy) is 3. The number of benzene rings is 1. The van der Waals surface area contributed by atoms with E-state index >= 15 is 0 Å². The molecule has 196 valence electrons. The van der Waals surface area contributed by atoms with Crippen LogP contribution in [-0.4, -0.2) is 92.4 Å². The fourth-order valence-corrected chi connectivity index (χ4v) is 3.14. The highest BCUT2D eigenvalue weighted by Gasteiger charge is 2.21. The summed E-state index contributed by atoms with van der Waals surface area (Å²) in [4.78, 5) is 50.1. The molecule has 0 aliphatic heterocycles. The largest absolute Gasteiger partial charge is 0.497 e. The Balaban J connectivity index is 0.000000697. The summed E-state index contributed by atoms with van der Waals surface area (Å²) < 4.78 is 15.8. The van der Waals surface area contributed by atoms with Crippen molar-refractivity contribution in [1.82, 2.24) is 15.2 Å². The Morgan fingerprint density at radius 3 is 2.14 bits per heavy atom. The number of thiazole rings is 1.